The van der Waals surface area contributed by atoms with Gasteiger partial charge >= 0.3 is 0 Å². The quantitative estimate of drug-likeness (QED) is 0.0441. The first-order chi connectivity index (χ1) is 36.8. The van der Waals surface area contributed by atoms with Crippen LogP contribution >= 0.6 is 68.0 Å². The molecule has 0 amide bonds. The van der Waals surface area contributed by atoms with Crippen LogP contribution in [0.25, 0.3) is 49.1 Å². The molecule has 8 N–H and O–H groups in total. The lowest BCUT2D eigenvalue weighted by Crippen LogP contribution is -2.31. The fourth-order valence-electron chi connectivity index (χ4n) is 7.08. The van der Waals surface area contributed by atoms with Crippen molar-refractivity contribution in [1.82, 2.24) is 34.9 Å². The minimum Gasteiger partial charge on any atom is -0.495 e. The summed E-state index contributed by atoms with van der Waals surface area (Å²) >= 11 is 7.32. The van der Waals surface area contributed by atoms with Gasteiger partial charge in [-0.3, -0.25) is 0 Å². The number of aromatic nitrogens is 7. The van der Waals surface area contributed by atoms with Gasteiger partial charge in [0, 0.05) is 45.0 Å². The van der Waals surface area contributed by atoms with Gasteiger partial charge in [0.15, 0.2) is 6.04 Å². The molecule has 0 aromatic carbocycles. The Morgan fingerprint density at radius 1 is 0.623 bits per heavy atom. The number of allylic oxidation sites excluding steroid dienone is 2. The van der Waals surface area contributed by atoms with Crippen molar-refractivity contribution < 1.29 is 45.6 Å². The smallest absolute Gasteiger partial charge is 0.239 e. The average molecular weight is 1160 g/mol. The number of aliphatic hydroxyl groups is 8. The second-order valence-corrected chi connectivity index (χ2v) is 22.5. The Bertz CT molecular complexity index is 3500. The Kier molecular flexibility index (Phi) is 18.0. The molecule has 0 saturated carbocycles. The number of methoxy groups -OCH3 is 1. The molecule has 8 rings (SSSR count). The van der Waals surface area contributed by atoms with E-state index in [4.69, 9.17) is 34.6 Å². The fourth-order valence-corrected chi connectivity index (χ4v) is 12.3. The fraction of sp³-hybridized carbons (Fsp3) is 0.327. The number of aliphatic imine (C=N–C) groups is 6. The number of aliphatic hydroxyl groups excluding tert-OH is 8. The molecular formula is C49H51N13O9S6. The lowest BCUT2D eigenvalue weighted by molar-refractivity contribution is 0.0957. The monoisotopic (exact) mass is 1160 g/mol. The molecule has 8 bridgehead atoms. The molecule has 0 spiro atoms. The summed E-state index contributed by atoms with van der Waals surface area (Å²) in [7, 11) is 1.53. The molecule has 28 heteroatoms. The Labute approximate surface area is 464 Å². The van der Waals surface area contributed by atoms with E-state index in [0.717, 1.165) is 11.3 Å². The summed E-state index contributed by atoms with van der Waals surface area (Å²) in [5, 5.41) is 99.9. The van der Waals surface area contributed by atoms with Crippen molar-refractivity contribution in [1.29, 1.82) is 0 Å². The topological polar surface area (TPSA) is 335 Å². The van der Waals surface area contributed by atoms with E-state index in [0.29, 0.717) is 58.4 Å². The number of ether oxygens (including phenoxy) is 1. The highest BCUT2D eigenvalue weighted by molar-refractivity contribution is 7.15. The molecule has 8 heterocycles. The molecule has 0 unspecified atom stereocenters. The van der Waals surface area contributed by atoms with Crippen LogP contribution in [0.3, 0.4) is 0 Å². The van der Waals surface area contributed by atoms with Gasteiger partial charge in [-0.15, -0.1) is 68.0 Å². The number of pyridine rings is 1. The van der Waals surface area contributed by atoms with Crippen molar-refractivity contribution in [2.24, 2.45) is 35.9 Å². The number of thiazole rings is 6. The second-order valence-electron chi connectivity index (χ2n) is 17.3. The standard InChI is InChI=1S/C49H51N13O9S6/c1-9-25(38(65)50-13-21(5)63)52-39(66)29-16-74-47(57-29)33-19-75-46(59-33)27-12-11-24-37(51-27)28-14-76-49(54-28)36(23(7)71-8)62-42(69)32-18-77-48(58-32)34(20(3)4)60-40(67)31-17-73-45(56-31)26(10-2)53-43(70)35(22(6)64)61-41(68)30-15-72-44(24)55-30/h9-12,14-23,34-36,63-64H,13H2,1-8H3,(H,50,65)(H,52,66)(H,53,70)(H,60,67)(H,61,68)(H,62,69)/b25-9+,26-10+/t21-,22-,23+,34+,35-,36+/m1/s1. The minimum absolute atomic E-state index is 0.00520. The molecule has 7 aromatic heterocycles. The highest BCUT2D eigenvalue weighted by Crippen LogP contribution is 2.39. The van der Waals surface area contributed by atoms with Gasteiger partial charge in [0.05, 0.1) is 36.2 Å². The molecule has 402 valence electrons. The summed E-state index contributed by atoms with van der Waals surface area (Å²) in [6, 6.07) is 0.652. The summed E-state index contributed by atoms with van der Waals surface area (Å²) in [6.07, 6.45) is 0.349. The largest absolute Gasteiger partial charge is 0.495 e. The van der Waals surface area contributed by atoms with Crippen molar-refractivity contribution >= 4 is 109 Å². The van der Waals surface area contributed by atoms with Crippen LogP contribution in [0, 0.1) is 5.92 Å². The van der Waals surface area contributed by atoms with E-state index in [9.17, 15) is 40.9 Å². The van der Waals surface area contributed by atoms with Gasteiger partial charge in [-0.25, -0.2) is 64.8 Å². The summed E-state index contributed by atoms with van der Waals surface area (Å²) < 4.78 is 5.77. The van der Waals surface area contributed by atoms with E-state index in [-0.39, 0.29) is 58.4 Å². The zero-order valence-electron chi connectivity index (χ0n) is 42.3. The van der Waals surface area contributed by atoms with Crippen LogP contribution in [-0.2, 0) is 4.74 Å². The molecule has 77 heavy (non-hydrogen) atoms. The second kappa shape index (κ2) is 24.6. The predicted molar refractivity (Wildman–Crippen MR) is 306 cm³/mol. The van der Waals surface area contributed by atoms with E-state index in [1.54, 1.807) is 71.3 Å². The summed E-state index contributed by atoms with van der Waals surface area (Å²) in [6.45, 7) is 11.8. The number of hydrogen-bond donors (Lipinski definition) is 8. The molecule has 22 nitrogen and oxygen atoms in total. The first-order valence-electron chi connectivity index (χ1n) is 23.4. The van der Waals surface area contributed by atoms with Crippen molar-refractivity contribution in [3.63, 3.8) is 0 Å². The first kappa shape index (κ1) is 56.3. The van der Waals surface area contributed by atoms with Gasteiger partial charge in [0.2, 0.25) is 35.4 Å². The lowest BCUT2D eigenvalue weighted by atomic mass is 10.1. The SMILES string of the molecule is C/C=C(/N=C(O)c1csc(-c2csc(-c3ccc4c(n3)-c3csc(n3)[C@H]([C@H](C)OC)N=C(O)c3csc(n3)[C@H](C(C)C)N=C(O)c3csc(n3)/C(=C\C)N=C(O)[C@@H]([C@@H](C)O)N=C(O)c3csc-4n3)n2)n1)C(O)=NC[C@@H](C)O. The van der Waals surface area contributed by atoms with Crippen LogP contribution in [-0.4, -0.2) is 149 Å². The van der Waals surface area contributed by atoms with E-state index in [1.165, 1.54) is 83.7 Å². The van der Waals surface area contributed by atoms with Gasteiger partial charge in [-0.1, -0.05) is 26.0 Å². The summed E-state index contributed by atoms with van der Waals surface area (Å²) in [4.78, 5) is 59.4. The van der Waals surface area contributed by atoms with Gasteiger partial charge < -0.3 is 45.6 Å². The van der Waals surface area contributed by atoms with Crippen molar-refractivity contribution in [2.45, 2.75) is 84.9 Å². The van der Waals surface area contributed by atoms with E-state index in [2.05, 4.69) is 34.9 Å². The Morgan fingerprint density at radius 2 is 1.17 bits per heavy atom. The zero-order chi connectivity index (χ0) is 55.2. The van der Waals surface area contributed by atoms with Crippen LogP contribution in [0.5, 0.6) is 0 Å². The van der Waals surface area contributed by atoms with E-state index in [1.807, 2.05) is 13.8 Å². The Morgan fingerprint density at radius 3 is 1.82 bits per heavy atom. The average Bonchev–Trinajstić information content (AvgIpc) is 4.28. The number of hydrogen-bond acceptors (Lipinski definition) is 22. The molecule has 0 saturated heterocycles. The highest BCUT2D eigenvalue weighted by Gasteiger charge is 2.29. The summed E-state index contributed by atoms with van der Waals surface area (Å²) in [5.74, 6) is -3.02. The maximum absolute atomic E-state index is 11.6. The highest BCUT2D eigenvalue weighted by atomic mass is 32.1. The number of rotatable bonds is 11. The number of fused-ring (bicyclic) bond motifs is 11. The molecule has 0 aliphatic carbocycles. The van der Waals surface area contributed by atoms with E-state index < -0.39 is 60.0 Å². The molecule has 0 radical (unpaired) electrons. The third-order valence-electron chi connectivity index (χ3n) is 11.2. The Hall–Kier alpha value is -6.89. The van der Waals surface area contributed by atoms with Gasteiger partial charge in [-0.05, 0) is 52.7 Å². The molecule has 7 aromatic rings. The third kappa shape index (κ3) is 12.9. The number of nitrogens with zero attached hydrogens (tertiary/aromatic N) is 13. The molecular weight excluding hydrogens is 1110 g/mol. The minimum atomic E-state index is -1.43. The maximum atomic E-state index is 11.6. The Balaban J connectivity index is 1.22. The third-order valence-corrected chi connectivity index (χ3v) is 16.5. The van der Waals surface area contributed by atoms with Crippen molar-refractivity contribution in [3.8, 4) is 43.4 Å². The van der Waals surface area contributed by atoms with Crippen molar-refractivity contribution in [2.75, 3.05) is 13.7 Å². The lowest BCUT2D eigenvalue weighted by Gasteiger charge is -2.17. The van der Waals surface area contributed by atoms with Gasteiger partial charge in [-0.2, -0.15) is 0 Å². The van der Waals surface area contributed by atoms with Crippen LogP contribution < -0.4 is 0 Å². The normalized spacial score (nSPS) is 19.1. The predicted octanol–water partition coefficient (Wildman–Crippen LogP) is 10.2. The molecule has 0 fully saturated rings. The van der Waals surface area contributed by atoms with Crippen LogP contribution in [0.1, 0.15) is 98.3 Å². The van der Waals surface area contributed by atoms with E-state index >= 15 is 0 Å². The zero-order valence-corrected chi connectivity index (χ0v) is 47.2. The molecule has 6 atom stereocenters. The van der Waals surface area contributed by atoms with Crippen molar-refractivity contribution in [3.05, 3.63) is 100 Å². The summed E-state index contributed by atoms with van der Waals surface area (Å²) in [5.41, 5.74) is 2.93. The first-order valence-corrected chi connectivity index (χ1v) is 28.7. The van der Waals surface area contributed by atoms with Crippen LogP contribution in [0.15, 0.2) is 92.2 Å². The van der Waals surface area contributed by atoms with Crippen LogP contribution in [0.2, 0.25) is 0 Å². The van der Waals surface area contributed by atoms with Gasteiger partial charge in [0.25, 0.3) is 0 Å². The molecule has 1 aliphatic heterocycles. The van der Waals surface area contributed by atoms with Crippen LogP contribution in [0.4, 0.5) is 0 Å². The maximum Gasteiger partial charge on any atom is 0.239 e. The molecule has 1 aliphatic rings. The van der Waals surface area contributed by atoms with Gasteiger partial charge in [0.1, 0.15) is 87.7 Å².